The standard InChI is InChI=1S/C27H26BrNO6/c1-17-26(19-7-5-4-6-8-19)35-27(31)29(17)16-20-10-11-21(28)15-23(20)34-24-13-18(14-25(30)33-3)9-12-22(24)32-2/h4-13,15,17,26H,14,16H2,1-3H3/t17-,26-/m1/s1. The number of benzene rings is 3. The highest BCUT2D eigenvalue weighted by Gasteiger charge is 2.39. The molecule has 1 aliphatic heterocycles. The molecule has 0 radical (unpaired) electrons. The molecule has 2 atom stereocenters. The van der Waals surface area contributed by atoms with Gasteiger partial charge >= 0.3 is 12.1 Å². The van der Waals surface area contributed by atoms with E-state index in [4.69, 9.17) is 18.9 Å². The van der Waals surface area contributed by atoms with Crippen LogP contribution in [0.25, 0.3) is 0 Å². The summed E-state index contributed by atoms with van der Waals surface area (Å²) in [6, 6.07) is 20.5. The number of carbonyl (C=O) groups is 2. The van der Waals surface area contributed by atoms with Crippen molar-refractivity contribution in [3.05, 3.63) is 87.9 Å². The van der Waals surface area contributed by atoms with E-state index in [0.717, 1.165) is 21.2 Å². The Bertz CT molecular complexity index is 1220. The van der Waals surface area contributed by atoms with Crippen molar-refractivity contribution in [2.45, 2.75) is 32.0 Å². The van der Waals surface area contributed by atoms with E-state index in [9.17, 15) is 9.59 Å². The van der Waals surface area contributed by atoms with Gasteiger partial charge in [0.05, 0.1) is 33.2 Å². The van der Waals surface area contributed by atoms with Gasteiger partial charge in [-0.2, -0.15) is 0 Å². The third-order valence-corrected chi connectivity index (χ3v) is 6.41. The number of cyclic esters (lactones) is 1. The van der Waals surface area contributed by atoms with Crippen LogP contribution < -0.4 is 9.47 Å². The van der Waals surface area contributed by atoms with Crippen LogP contribution >= 0.6 is 15.9 Å². The number of esters is 1. The number of hydrogen-bond acceptors (Lipinski definition) is 6. The third kappa shape index (κ3) is 5.59. The van der Waals surface area contributed by atoms with Gasteiger partial charge in [-0.15, -0.1) is 0 Å². The third-order valence-electron chi connectivity index (χ3n) is 5.91. The summed E-state index contributed by atoms with van der Waals surface area (Å²) < 4.78 is 23.0. The minimum atomic E-state index is -0.377. The van der Waals surface area contributed by atoms with Crippen LogP contribution in [0.3, 0.4) is 0 Å². The zero-order valence-corrected chi connectivity index (χ0v) is 21.3. The highest BCUT2D eigenvalue weighted by molar-refractivity contribution is 9.10. The Hall–Kier alpha value is -3.52. The van der Waals surface area contributed by atoms with Crippen LogP contribution in [0.15, 0.2) is 71.2 Å². The maximum atomic E-state index is 12.8. The first-order valence-corrected chi connectivity index (χ1v) is 11.9. The van der Waals surface area contributed by atoms with Gasteiger partial charge in [-0.1, -0.05) is 58.4 Å². The van der Waals surface area contributed by atoms with E-state index in [1.165, 1.54) is 7.11 Å². The van der Waals surface area contributed by atoms with Crippen molar-refractivity contribution in [3.8, 4) is 17.2 Å². The monoisotopic (exact) mass is 539 g/mol. The predicted octanol–water partition coefficient (Wildman–Crippen LogP) is 6.05. The Labute approximate surface area is 212 Å². The number of amides is 1. The summed E-state index contributed by atoms with van der Waals surface area (Å²) in [5.74, 6) is 1.17. The smallest absolute Gasteiger partial charge is 0.411 e. The van der Waals surface area contributed by atoms with Crippen molar-refractivity contribution in [1.82, 2.24) is 4.90 Å². The molecule has 1 heterocycles. The first-order valence-electron chi connectivity index (χ1n) is 11.1. The number of nitrogens with zero attached hydrogens (tertiary/aromatic N) is 1. The number of ether oxygens (including phenoxy) is 4. The lowest BCUT2D eigenvalue weighted by Gasteiger charge is -2.22. The number of halogens is 1. The first kappa shape index (κ1) is 24.6. The van der Waals surface area contributed by atoms with Gasteiger partial charge in [0.25, 0.3) is 0 Å². The summed E-state index contributed by atoms with van der Waals surface area (Å²) in [5.41, 5.74) is 2.48. The fraction of sp³-hybridized carbons (Fsp3) is 0.259. The van der Waals surface area contributed by atoms with Crippen molar-refractivity contribution < 1.29 is 28.5 Å². The molecule has 7 nitrogen and oxygen atoms in total. The molecule has 0 spiro atoms. The van der Waals surface area contributed by atoms with E-state index in [2.05, 4.69) is 15.9 Å². The van der Waals surface area contributed by atoms with Crippen LogP contribution in [0.4, 0.5) is 4.79 Å². The van der Waals surface area contributed by atoms with Gasteiger partial charge < -0.3 is 18.9 Å². The molecule has 0 aliphatic carbocycles. The van der Waals surface area contributed by atoms with Gasteiger partial charge in [0, 0.05) is 10.0 Å². The molecular formula is C27H26BrNO6. The molecule has 0 aromatic heterocycles. The SMILES string of the molecule is COC(=O)Cc1ccc(OC)c(Oc2cc(Br)ccc2CN2C(=O)O[C@@H](c3ccccc3)[C@H]2C)c1. The van der Waals surface area contributed by atoms with E-state index < -0.39 is 0 Å². The molecule has 35 heavy (non-hydrogen) atoms. The Morgan fingerprint density at radius 2 is 1.77 bits per heavy atom. The minimum absolute atomic E-state index is 0.111. The maximum absolute atomic E-state index is 12.8. The normalized spacial score (nSPS) is 17.1. The summed E-state index contributed by atoms with van der Waals surface area (Å²) in [5, 5.41) is 0. The Morgan fingerprint density at radius 1 is 1.00 bits per heavy atom. The second-order valence-corrected chi connectivity index (χ2v) is 9.09. The van der Waals surface area contributed by atoms with E-state index in [0.29, 0.717) is 23.8 Å². The molecule has 182 valence electrons. The van der Waals surface area contributed by atoms with Crippen molar-refractivity contribution in [1.29, 1.82) is 0 Å². The highest BCUT2D eigenvalue weighted by Crippen LogP contribution is 2.38. The van der Waals surface area contributed by atoms with Gasteiger partial charge in [-0.05, 0) is 42.3 Å². The van der Waals surface area contributed by atoms with Crippen LogP contribution in [0.2, 0.25) is 0 Å². The predicted molar refractivity (Wildman–Crippen MR) is 134 cm³/mol. The number of carbonyl (C=O) groups excluding carboxylic acids is 2. The van der Waals surface area contributed by atoms with E-state index >= 15 is 0 Å². The molecule has 3 aromatic carbocycles. The molecule has 1 fully saturated rings. The van der Waals surface area contributed by atoms with E-state index in [-0.39, 0.29) is 30.6 Å². The molecule has 0 saturated carbocycles. The average molecular weight is 540 g/mol. The number of rotatable bonds is 8. The zero-order valence-electron chi connectivity index (χ0n) is 19.7. The number of hydrogen-bond donors (Lipinski definition) is 0. The summed E-state index contributed by atoms with van der Waals surface area (Å²) in [7, 11) is 2.90. The molecule has 8 heteroatoms. The molecular weight excluding hydrogens is 514 g/mol. The van der Waals surface area contributed by atoms with Gasteiger partial charge in [-0.25, -0.2) is 4.79 Å². The minimum Gasteiger partial charge on any atom is -0.493 e. The molecule has 1 saturated heterocycles. The quantitative estimate of drug-likeness (QED) is 0.324. The highest BCUT2D eigenvalue weighted by atomic mass is 79.9. The van der Waals surface area contributed by atoms with E-state index in [1.54, 1.807) is 30.2 Å². The largest absolute Gasteiger partial charge is 0.493 e. The van der Waals surface area contributed by atoms with Gasteiger partial charge in [0.1, 0.15) is 11.9 Å². The molecule has 1 aliphatic rings. The van der Waals surface area contributed by atoms with Crippen LogP contribution in [0.1, 0.15) is 29.7 Å². The molecule has 0 N–H and O–H groups in total. The van der Waals surface area contributed by atoms with Gasteiger partial charge in [0.15, 0.2) is 11.5 Å². The Morgan fingerprint density at radius 3 is 2.49 bits per heavy atom. The van der Waals surface area contributed by atoms with Gasteiger partial charge in [-0.3, -0.25) is 9.69 Å². The second-order valence-electron chi connectivity index (χ2n) is 8.18. The lowest BCUT2D eigenvalue weighted by Crippen LogP contribution is -2.31. The Balaban J connectivity index is 1.60. The molecule has 1 amide bonds. The van der Waals surface area contributed by atoms with Crippen LogP contribution in [-0.2, 0) is 27.2 Å². The molecule has 4 rings (SSSR count). The van der Waals surface area contributed by atoms with Crippen LogP contribution in [0, 0.1) is 0 Å². The van der Waals surface area contributed by atoms with Crippen LogP contribution in [-0.4, -0.2) is 37.2 Å². The summed E-state index contributed by atoms with van der Waals surface area (Å²) in [6.07, 6.45) is -0.614. The maximum Gasteiger partial charge on any atom is 0.411 e. The van der Waals surface area contributed by atoms with E-state index in [1.807, 2.05) is 55.5 Å². The van der Waals surface area contributed by atoms with Gasteiger partial charge in [0.2, 0.25) is 0 Å². The average Bonchev–Trinajstić information content (AvgIpc) is 3.14. The topological polar surface area (TPSA) is 74.3 Å². The molecule has 0 bridgehead atoms. The summed E-state index contributed by atoms with van der Waals surface area (Å²) in [4.78, 5) is 26.2. The lowest BCUT2D eigenvalue weighted by molar-refractivity contribution is -0.139. The van der Waals surface area contributed by atoms with Crippen molar-refractivity contribution in [2.24, 2.45) is 0 Å². The van der Waals surface area contributed by atoms with Crippen molar-refractivity contribution in [3.63, 3.8) is 0 Å². The Kier molecular flexibility index (Phi) is 7.60. The summed E-state index contributed by atoms with van der Waals surface area (Å²) in [6.45, 7) is 2.28. The summed E-state index contributed by atoms with van der Waals surface area (Å²) >= 11 is 3.50. The molecule has 0 unspecified atom stereocenters. The van der Waals surface area contributed by atoms with Crippen LogP contribution in [0.5, 0.6) is 17.2 Å². The number of methoxy groups -OCH3 is 2. The fourth-order valence-corrected chi connectivity index (χ4v) is 4.35. The second kappa shape index (κ2) is 10.8. The zero-order chi connectivity index (χ0) is 24.9. The van der Waals surface area contributed by atoms with Crippen molar-refractivity contribution >= 4 is 28.0 Å². The van der Waals surface area contributed by atoms with Crippen molar-refractivity contribution in [2.75, 3.05) is 14.2 Å². The fourth-order valence-electron chi connectivity index (χ4n) is 4.01. The first-order chi connectivity index (χ1) is 16.9. The molecule has 3 aromatic rings. The lowest BCUT2D eigenvalue weighted by atomic mass is 10.0.